The van der Waals surface area contributed by atoms with Crippen LogP contribution in [-0.4, -0.2) is 66.2 Å². The summed E-state index contributed by atoms with van der Waals surface area (Å²) in [6.07, 6.45) is 1.03. The number of likely N-dealkylation sites (tertiary alicyclic amines) is 1. The van der Waals surface area contributed by atoms with E-state index in [0.717, 1.165) is 0 Å². The van der Waals surface area contributed by atoms with Crippen molar-refractivity contribution in [3.05, 3.63) is 0 Å². The van der Waals surface area contributed by atoms with Crippen LogP contribution in [0.2, 0.25) is 0 Å². The predicted octanol–water partition coefficient (Wildman–Crippen LogP) is 2.23. The second kappa shape index (κ2) is 11.3. The smallest absolute Gasteiger partial charge is 0.410 e. The molecular formula is C22H39N3O6. The molecule has 3 amide bonds. The van der Waals surface area contributed by atoms with E-state index in [9.17, 15) is 19.2 Å². The van der Waals surface area contributed by atoms with Gasteiger partial charge in [-0.25, -0.2) is 9.59 Å². The van der Waals surface area contributed by atoms with E-state index >= 15 is 0 Å². The number of carbonyl (C=O) groups is 4. The molecule has 0 aromatic heterocycles. The molecule has 3 atom stereocenters. The van der Waals surface area contributed by atoms with Crippen molar-refractivity contribution >= 4 is 23.9 Å². The molecule has 1 aliphatic rings. The van der Waals surface area contributed by atoms with Crippen LogP contribution in [-0.2, 0) is 23.9 Å². The fourth-order valence-electron chi connectivity index (χ4n) is 3.43. The average Bonchev–Trinajstić information content (AvgIpc) is 3.12. The van der Waals surface area contributed by atoms with Crippen LogP contribution in [0.1, 0.15) is 67.7 Å². The van der Waals surface area contributed by atoms with E-state index in [-0.39, 0.29) is 11.8 Å². The van der Waals surface area contributed by atoms with E-state index in [1.807, 2.05) is 13.8 Å². The van der Waals surface area contributed by atoms with Crippen LogP contribution in [0.5, 0.6) is 0 Å². The summed E-state index contributed by atoms with van der Waals surface area (Å²) in [7, 11) is 1.27. The van der Waals surface area contributed by atoms with Crippen LogP contribution < -0.4 is 10.6 Å². The zero-order chi connectivity index (χ0) is 23.9. The average molecular weight is 442 g/mol. The van der Waals surface area contributed by atoms with Gasteiger partial charge in [-0.3, -0.25) is 14.5 Å². The van der Waals surface area contributed by atoms with Crippen molar-refractivity contribution < 1.29 is 28.7 Å². The molecule has 1 aliphatic heterocycles. The molecule has 9 heteroatoms. The van der Waals surface area contributed by atoms with Gasteiger partial charge < -0.3 is 20.1 Å². The number of rotatable bonds is 8. The van der Waals surface area contributed by atoms with Crippen LogP contribution in [0, 0.1) is 11.8 Å². The maximum Gasteiger partial charge on any atom is 0.410 e. The number of hydrogen-bond acceptors (Lipinski definition) is 6. The Morgan fingerprint density at radius 3 is 2.16 bits per heavy atom. The summed E-state index contributed by atoms with van der Waals surface area (Å²) in [5, 5.41) is 5.49. The van der Waals surface area contributed by atoms with Gasteiger partial charge in [0.05, 0.1) is 7.11 Å². The third kappa shape index (κ3) is 8.38. The number of esters is 1. The highest BCUT2D eigenvalue weighted by Gasteiger charge is 2.38. The highest BCUT2D eigenvalue weighted by Crippen LogP contribution is 2.21. The fraction of sp³-hybridized carbons (Fsp3) is 0.818. The number of nitrogens with one attached hydrogen (secondary N) is 2. The minimum atomic E-state index is -0.834. The van der Waals surface area contributed by atoms with Gasteiger partial charge in [0.1, 0.15) is 23.7 Å². The molecule has 0 aromatic rings. The number of nitrogens with zero attached hydrogens (tertiary/aromatic N) is 1. The van der Waals surface area contributed by atoms with Crippen LogP contribution >= 0.6 is 0 Å². The van der Waals surface area contributed by atoms with Crippen molar-refractivity contribution in [3.8, 4) is 0 Å². The van der Waals surface area contributed by atoms with E-state index in [4.69, 9.17) is 9.47 Å². The number of carbonyl (C=O) groups excluding carboxylic acids is 4. The first kappa shape index (κ1) is 26.7. The number of methoxy groups -OCH3 is 1. The monoisotopic (exact) mass is 441 g/mol. The Morgan fingerprint density at radius 2 is 1.68 bits per heavy atom. The zero-order valence-electron chi connectivity index (χ0n) is 20.1. The molecular weight excluding hydrogens is 402 g/mol. The normalized spacial score (nSPS) is 18.5. The molecule has 0 radical (unpaired) electrons. The number of amides is 3. The highest BCUT2D eigenvalue weighted by atomic mass is 16.6. The van der Waals surface area contributed by atoms with Crippen molar-refractivity contribution in [1.82, 2.24) is 15.5 Å². The Bertz CT molecular complexity index is 656. The lowest BCUT2D eigenvalue weighted by molar-refractivity contribution is -0.146. The molecule has 0 aromatic carbocycles. The first-order valence-electron chi connectivity index (χ1n) is 10.9. The standard InChI is InChI=1S/C22H39N3O6/c1-13(2)12-15(18(26)24-17(14(3)4)20(28)30-8)23-19(27)16-10-9-11-25(16)21(29)31-22(5,6)7/h13-17H,9-12H2,1-8H3,(H,23,27)(H,24,26)/t15-,16+,17+/m0/s1. The molecule has 0 aliphatic carbocycles. The molecule has 9 nitrogen and oxygen atoms in total. The van der Waals surface area contributed by atoms with E-state index in [1.54, 1.807) is 34.6 Å². The van der Waals surface area contributed by atoms with Gasteiger partial charge in [0.2, 0.25) is 11.8 Å². The minimum Gasteiger partial charge on any atom is -0.467 e. The Labute approximate surface area is 185 Å². The summed E-state index contributed by atoms with van der Waals surface area (Å²) in [6.45, 7) is 13.2. The zero-order valence-corrected chi connectivity index (χ0v) is 20.1. The maximum absolute atomic E-state index is 13.0. The number of ether oxygens (including phenoxy) is 2. The summed E-state index contributed by atoms with van der Waals surface area (Å²) in [6, 6.07) is -2.34. The molecule has 0 spiro atoms. The van der Waals surface area contributed by atoms with Crippen LogP contribution in [0.15, 0.2) is 0 Å². The fourth-order valence-corrected chi connectivity index (χ4v) is 3.43. The Morgan fingerprint density at radius 1 is 1.06 bits per heavy atom. The second-order valence-electron chi connectivity index (χ2n) is 9.78. The molecule has 2 N–H and O–H groups in total. The summed E-state index contributed by atoms with van der Waals surface area (Å²) in [5.74, 6) is -1.44. The molecule has 1 fully saturated rings. The predicted molar refractivity (Wildman–Crippen MR) is 116 cm³/mol. The van der Waals surface area contributed by atoms with E-state index in [0.29, 0.717) is 25.8 Å². The van der Waals surface area contributed by atoms with Crippen LogP contribution in [0.25, 0.3) is 0 Å². The Kier molecular flexibility index (Phi) is 9.77. The second-order valence-corrected chi connectivity index (χ2v) is 9.78. The lowest BCUT2D eigenvalue weighted by Gasteiger charge is -2.30. The van der Waals surface area contributed by atoms with Gasteiger partial charge in [-0.1, -0.05) is 27.7 Å². The topological polar surface area (TPSA) is 114 Å². The third-order valence-corrected chi connectivity index (χ3v) is 4.94. The molecule has 1 rings (SSSR count). The van der Waals surface area contributed by atoms with E-state index in [1.165, 1.54) is 12.0 Å². The molecule has 178 valence electrons. The molecule has 0 bridgehead atoms. The molecule has 0 saturated carbocycles. The van der Waals surface area contributed by atoms with Gasteiger partial charge in [0.15, 0.2) is 0 Å². The van der Waals surface area contributed by atoms with Gasteiger partial charge in [-0.15, -0.1) is 0 Å². The summed E-state index contributed by atoms with van der Waals surface area (Å²) in [5.41, 5.74) is -0.666. The summed E-state index contributed by atoms with van der Waals surface area (Å²) in [4.78, 5) is 51.9. The molecule has 0 unspecified atom stereocenters. The first-order valence-corrected chi connectivity index (χ1v) is 10.9. The van der Waals surface area contributed by atoms with Gasteiger partial charge in [-0.05, 0) is 51.9 Å². The van der Waals surface area contributed by atoms with Crippen molar-refractivity contribution in [1.29, 1.82) is 0 Å². The third-order valence-electron chi connectivity index (χ3n) is 4.94. The SMILES string of the molecule is COC(=O)[C@H](NC(=O)[C@H](CC(C)C)NC(=O)[C@H]1CCCN1C(=O)OC(C)(C)C)C(C)C. The summed E-state index contributed by atoms with van der Waals surface area (Å²) >= 11 is 0. The molecule has 31 heavy (non-hydrogen) atoms. The van der Waals surface area contributed by atoms with Crippen molar-refractivity contribution in [2.75, 3.05) is 13.7 Å². The van der Waals surface area contributed by atoms with Crippen LogP contribution in [0.3, 0.4) is 0 Å². The van der Waals surface area contributed by atoms with Crippen molar-refractivity contribution in [3.63, 3.8) is 0 Å². The largest absolute Gasteiger partial charge is 0.467 e. The van der Waals surface area contributed by atoms with E-state index in [2.05, 4.69) is 10.6 Å². The van der Waals surface area contributed by atoms with Crippen LogP contribution in [0.4, 0.5) is 4.79 Å². The quantitative estimate of drug-likeness (QED) is 0.559. The lowest BCUT2D eigenvalue weighted by atomic mass is 10.00. The van der Waals surface area contributed by atoms with Gasteiger partial charge in [-0.2, -0.15) is 0 Å². The molecule has 1 saturated heterocycles. The lowest BCUT2D eigenvalue weighted by Crippen LogP contribution is -2.56. The maximum atomic E-state index is 13.0. The van der Waals surface area contributed by atoms with Crippen molar-refractivity contribution in [2.45, 2.75) is 91.5 Å². The first-order chi connectivity index (χ1) is 14.3. The van der Waals surface area contributed by atoms with Gasteiger partial charge >= 0.3 is 12.1 Å². The summed E-state index contributed by atoms with van der Waals surface area (Å²) < 4.78 is 10.2. The van der Waals surface area contributed by atoms with Crippen molar-refractivity contribution in [2.24, 2.45) is 11.8 Å². The Balaban J connectivity index is 2.92. The number of hydrogen-bond donors (Lipinski definition) is 2. The minimum absolute atomic E-state index is 0.122. The molecule has 1 heterocycles. The van der Waals surface area contributed by atoms with E-state index < -0.39 is 47.6 Å². The van der Waals surface area contributed by atoms with Gasteiger partial charge in [0, 0.05) is 6.54 Å². The highest BCUT2D eigenvalue weighted by molar-refractivity contribution is 5.93. The Hall–Kier alpha value is -2.32. The van der Waals surface area contributed by atoms with Gasteiger partial charge in [0.25, 0.3) is 0 Å².